The molecule has 1 N–H and O–H groups in total. The van der Waals surface area contributed by atoms with Crippen molar-refractivity contribution in [2.45, 2.75) is 32.7 Å². The average molecular weight is 343 g/mol. The second-order valence-electron chi connectivity index (χ2n) is 5.88. The molecule has 2 aromatic rings. The van der Waals surface area contributed by atoms with E-state index in [-0.39, 0.29) is 0 Å². The third-order valence-electron chi connectivity index (χ3n) is 3.87. The zero-order valence-electron chi connectivity index (χ0n) is 15.3. The molecule has 0 saturated heterocycles. The Kier molecular flexibility index (Phi) is 8.70. The van der Waals surface area contributed by atoms with Crippen LogP contribution in [0.15, 0.2) is 48.5 Å². The topological polar surface area (TPSA) is 39.7 Å². The van der Waals surface area contributed by atoms with Crippen LogP contribution in [0.2, 0.25) is 0 Å². The lowest BCUT2D eigenvalue weighted by Crippen LogP contribution is -2.05. The van der Waals surface area contributed by atoms with E-state index in [1.807, 2.05) is 42.5 Å². The Morgan fingerprint density at radius 1 is 0.840 bits per heavy atom. The van der Waals surface area contributed by atoms with Gasteiger partial charge in [-0.2, -0.15) is 0 Å². The molecule has 0 atom stereocenters. The summed E-state index contributed by atoms with van der Waals surface area (Å²) in [6.07, 6.45) is 3.51. The first-order chi connectivity index (χ1) is 12.3. The minimum atomic E-state index is 0.562. The van der Waals surface area contributed by atoms with Crippen LogP contribution in [0, 0.1) is 0 Å². The van der Waals surface area contributed by atoms with Crippen molar-refractivity contribution in [3.63, 3.8) is 0 Å². The molecule has 136 valence electrons. The smallest absolute Gasteiger partial charge is 0.124 e. The van der Waals surface area contributed by atoms with E-state index in [0.717, 1.165) is 36.8 Å². The van der Waals surface area contributed by atoms with Crippen LogP contribution in [0.5, 0.6) is 11.5 Å². The van der Waals surface area contributed by atoms with Crippen molar-refractivity contribution in [1.29, 1.82) is 0 Å². The van der Waals surface area contributed by atoms with Crippen molar-refractivity contribution >= 4 is 5.69 Å². The summed E-state index contributed by atoms with van der Waals surface area (Å²) in [4.78, 5) is 0. The van der Waals surface area contributed by atoms with Crippen LogP contribution in [0.4, 0.5) is 5.69 Å². The fraction of sp³-hybridized carbons (Fsp3) is 0.429. The van der Waals surface area contributed by atoms with E-state index in [9.17, 15) is 0 Å². The van der Waals surface area contributed by atoms with E-state index in [4.69, 9.17) is 14.2 Å². The summed E-state index contributed by atoms with van der Waals surface area (Å²) in [5.41, 5.74) is 2.22. The van der Waals surface area contributed by atoms with E-state index in [1.165, 1.54) is 18.4 Å². The van der Waals surface area contributed by atoms with Crippen LogP contribution >= 0.6 is 0 Å². The lowest BCUT2D eigenvalue weighted by Gasteiger charge is -2.13. The molecule has 0 spiro atoms. The van der Waals surface area contributed by atoms with Crippen molar-refractivity contribution in [3.05, 3.63) is 54.1 Å². The Morgan fingerprint density at radius 3 is 2.40 bits per heavy atom. The summed E-state index contributed by atoms with van der Waals surface area (Å²) in [5, 5.41) is 3.44. The zero-order chi connectivity index (χ0) is 17.7. The third kappa shape index (κ3) is 7.06. The van der Waals surface area contributed by atoms with Crippen molar-refractivity contribution in [1.82, 2.24) is 0 Å². The van der Waals surface area contributed by atoms with Gasteiger partial charge >= 0.3 is 0 Å². The van der Waals surface area contributed by atoms with Crippen molar-refractivity contribution in [2.75, 3.05) is 32.2 Å². The molecule has 2 rings (SSSR count). The summed E-state index contributed by atoms with van der Waals surface area (Å²) in [7, 11) is 1.67. The number of unbranched alkanes of at least 4 members (excludes halogenated alkanes) is 2. The van der Waals surface area contributed by atoms with Crippen LogP contribution in [0.3, 0.4) is 0 Å². The molecule has 0 aliphatic heterocycles. The zero-order valence-corrected chi connectivity index (χ0v) is 15.3. The SMILES string of the molecule is CCCCCOc1ccccc1CNc1ccc(OCCOC)cc1. The summed E-state index contributed by atoms with van der Waals surface area (Å²) < 4.78 is 16.5. The van der Waals surface area contributed by atoms with E-state index >= 15 is 0 Å². The molecule has 0 saturated carbocycles. The van der Waals surface area contributed by atoms with Gasteiger partial charge in [-0.25, -0.2) is 0 Å². The molecule has 0 aliphatic rings. The molecule has 0 heterocycles. The first kappa shape index (κ1) is 19.1. The first-order valence-electron chi connectivity index (χ1n) is 9.00. The van der Waals surface area contributed by atoms with Gasteiger partial charge < -0.3 is 19.5 Å². The number of nitrogens with one attached hydrogen (secondary N) is 1. The van der Waals surface area contributed by atoms with Gasteiger partial charge in [-0.15, -0.1) is 0 Å². The summed E-state index contributed by atoms with van der Waals surface area (Å²) in [5.74, 6) is 1.81. The van der Waals surface area contributed by atoms with Crippen molar-refractivity contribution in [3.8, 4) is 11.5 Å². The summed E-state index contributed by atoms with van der Waals surface area (Å²) >= 11 is 0. The number of benzene rings is 2. The molecule has 2 aromatic carbocycles. The van der Waals surface area contributed by atoms with Gasteiger partial charge in [0.25, 0.3) is 0 Å². The van der Waals surface area contributed by atoms with Crippen LogP contribution < -0.4 is 14.8 Å². The number of para-hydroxylation sites is 1. The predicted octanol–water partition coefficient (Wildman–Crippen LogP) is 4.89. The van der Waals surface area contributed by atoms with Gasteiger partial charge in [0.05, 0.1) is 13.2 Å². The summed E-state index contributed by atoms with van der Waals surface area (Å²) in [6, 6.07) is 16.2. The van der Waals surface area contributed by atoms with Gasteiger partial charge in [-0.3, -0.25) is 0 Å². The Labute approximate surface area is 151 Å². The Balaban J connectivity index is 1.84. The molecule has 0 aromatic heterocycles. The lowest BCUT2D eigenvalue weighted by molar-refractivity contribution is 0.146. The van der Waals surface area contributed by atoms with Crippen molar-refractivity contribution < 1.29 is 14.2 Å². The quantitative estimate of drug-likeness (QED) is 0.557. The van der Waals surface area contributed by atoms with Crippen LogP contribution in [-0.4, -0.2) is 26.9 Å². The van der Waals surface area contributed by atoms with Gasteiger partial charge in [-0.05, 0) is 36.8 Å². The average Bonchev–Trinajstić information content (AvgIpc) is 2.65. The molecular formula is C21H29NO3. The van der Waals surface area contributed by atoms with Crippen LogP contribution in [0.25, 0.3) is 0 Å². The van der Waals surface area contributed by atoms with E-state index in [1.54, 1.807) is 7.11 Å². The highest BCUT2D eigenvalue weighted by atomic mass is 16.5. The maximum absolute atomic E-state index is 5.93. The Morgan fingerprint density at radius 2 is 1.64 bits per heavy atom. The minimum Gasteiger partial charge on any atom is -0.493 e. The van der Waals surface area contributed by atoms with Gasteiger partial charge in [0.15, 0.2) is 0 Å². The second-order valence-corrected chi connectivity index (χ2v) is 5.88. The van der Waals surface area contributed by atoms with E-state index in [2.05, 4.69) is 18.3 Å². The summed E-state index contributed by atoms with van der Waals surface area (Å²) in [6.45, 7) is 4.86. The fourth-order valence-electron chi connectivity index (χ4n) is 2.43. The van der Waals surface area contributed by atoms with E-state index in [0.29, 0.717) is 13.2 Å². The Bertz CT molecular complexity index is 598. The fourth-order valence-corrected chi connectivity index (χ4v) is 2.43. The molecule has 0 bridgehead atoms. The number of hydrogen-bond acceptors (Lipinski definition) is 4. The third-order valence-corrected chi connectivity index (χ3v) is 3.87. The maximum Gasteiger partial charge on any atom is 0.124 e. The standard InChI is InChI=1S/C21H29NO3/c1-3-4-7-14-25-21-9-6-5-8-18(21)17-22-19-10-12-20(13-11-19)24-16-15-23-2/h5-6,8-13,22H,3-4,7,14-17H2,1-2H3. The first-order valence-corrected chi connectivity index (χ1v) is 9.00. The highest BCUT2D eigenvalue weighted by molar-refractivity contribution is 5.47. The molecule has 0 radical (unpaired) electrons. The van der Waals surface area contributed by atoms with Crippen LogP contribution in [-0.2, 0) is 11.3 Å². The second kappa shape index (κ2) is 11.4. The molecule has 25 heavy (non-hydrogen) atoms. The largest absolute Gasteiger partial charge is 0.493 e. The van der Waals surface area contributed by atoms with Crippen molar-refractivity contribution in [2.24, 2.45) is 0 Å². The number of anilines is 1. The normalized spacial score (nSPS) is 10.5. The molecule has 4 heteroatoms. The molecule has 0 aliphatic carbocycles. The van der Waals surface area contributed by atoms with E-state index < -0.39 is 0 Å². The van der Waals surface area contributed by atoms with Gasteiger partial charge in [0.2, 0.25) is 0 Å². The highest BCUT2D eigenvalue weighted by Crippen LogP contribution is 2.21. The maximum atomic E-state index is 5.93. The molecular weight excluding hydrogens is 314 g/mol. The molecule has 4 nitrogen and oxygen atoms in total. The monoisotopic (exact) mass is 343 g/mol. The number of ether oxygens (including phenoxy) is 3. The lowest BCUT2D eigenvalue weighted by atomic mass is 10.2. The van der Waals surface area contributed by atoms with Crippen LogP contribution in [0.1, 0.15) is 31.7 Å². The predicted molar refractivity (Wildman–Crippen MR) is 103 cm³/mol. The number of methoxy groups -OCH3 is 1. The number of rotatable bonds is 12. The van der Waals surface area contributed by atoms with Gasteiger partial charge in [0.1, 0.15) is 18.1 Å². The highest BCUT2D eigenvalue weighted by Gasteiger charge is 2.03. The van der Waals surface area contributed by atoms with Gasteiger partial charge in [-0.1, -0.05) is 38.0 Å². The molecule has 0 unspecified atom stereocenters. The van der Waals surface area contributed by atoms with Gasteiger partial charge in [0, 0.05) is 24.9 Å². The number of hydrogen-bond donors (Lipinski definition) is 1. The molecule has 0 amide bonds. The minimum absolute atomic E-state index is 0.562. The Hall–Kier alpha value is -2.20. The molecule has 0 fully saturated rings.